The molecule has 7 heteroatoms. The highest BCUT2D eigenvalue weighted by Gasteiger charge is 2.47. The predicted molar refractivity (Wildman–Crippen MR) is 136 cm³/mol. The maximum absolute atomic E-state index is 13.0. The van der Waals surface area contributed by atoms with E-state index in [1.807, 2.05) is 36.3 Å². The number of nitrogens with zero attached hydrogens (tertiary/aromatic N) is 5. The maximum atomic E-state index is 13.0. The van der Waals surface area contributed by atoms with Crippen LogP contribution in [0.25, 0.3) is 0 Å². The molecule has 1 N–H and O–H groups in total. The second-order valence-corrected chi connectivity index (χ2v) is 11.5. The fraction of sp³-hybridized carbons (Fsp3) is 0.643. The maximum Gasteiger partial charge on any atom is 0.237 e. The molecule has 1 amide bonds. The summed E-state index contributed by atoms with van der Waals surface area (Å²) < 4.78 is 0. The lowest BCUT2D eigenvalue weighted by Crippen LogP contribution is -2.47. The largest absolute Gasteiger partial charge is 0.369 e. The van der Waals surface area contributed by atoms with Gasteiger partial charge in [-0.2, -0.15) is 0 Å². The molecular formula is C28H38N6O. The van der Waals surface area contributed by atoms with Gasteiger partial charge in [0.05, 0.1) is 18.8 Å². The summed E-state index contributed by atoms with van der Waals surface area (Å²) in [5.41, 5.74) is 3.27. The zero-order valence-corrected chi connectivity index (χ0v) is 20.9. The van der Waals surface area contributed by atoms with Crippen molar-refractivity contribution in [3.63, 3.8) is 0 Å². The normalized spacial score (nSPS) is 28.9. The van der Waals surface area contributed by atoms with E-state index in [0.717, 1.165) is 79.3 Å². The fourth-order valence-electron chi connectivity index (χ4n) is 7.57. The molecule has 5 aliphatic rings. The lowest BCUT2D eigenvalue weighted by Gasteiger charge is -2.54. The molecule has 4 aliphatic carbocycles. The van der Waals surface area contributed by atoms with Crippen molar-refractivity contribution in [2.45, 2.75) is 51.5 Å². The van der Waals surface area contributed by atoms with Crippen LogP contribution < -0.4 is 5.32 Å². The van der Waals surface area contributed by atoms with Crippen molar-refractivity contribution in [2.24, 2.45) is 29.6 Å². The van der Waals surface area contributed by atoms with Crippen molar-refractivity contribution in [3.05, 3.63) is 47.7 Å². The Labute approximate surface area is 208 Å². The number of amides is 1. The molecule has 2 aromatic rings. The molecule has 4 saturated carbocycles. The minimum Gasteiger partial charge on any atom is -0.369 e. The summed E-state index contributed by atoms with van der Waals surface area (Å²) in [4.78, 5) is 30.6. The Morgan fingerprint density at radius 1 is 1.09 bits per heavy atom. The fourth-order valence-corrected chi connectivity index (χ4v) is 7.57. The Kier molecular flexibility index (Phi) is 6.44. The van der Waals surface area contributed by atoms with Gasteiger partial charge in [0.15, 0.2) is 0 Å². The second kappa shape index (κ2) is 9.84. The summed E-state index contributed by atoms with van der Waals surface area (Å²) in [6.07, 6.45) is 12.5. The Bertz CT molecular complexity index is 1010. The molecule has 4 bridgehead atoms. The van der Waals surface area contributed by atoms with Crippen LogP contribution in [0.15, 0.2) is 30.7 Å². The number of carbonyl (C=O) groups excluding carboxylic acids is 1. The number of likely N-dealkylation sites (N-methyl/N-ethyl adjacent to an activating group) is 1. The zero-order chi connectivity index (χ0) is 23.8. The van der Waals surface area contributed by atoms with Gasteiger partial charge in [0.2, 0.25) is 5.91 Å². The first kappa shape index (κ1) is 22.9. The first-order chi connectivity index (χ1) is 17.1. The van der Waals surface area contributed by atoms with Gasteiger partial charge in [0, 0.05) is 43.5 Å². The Morgan fingerprint density at radius 2 is 1.89 bits per heavy atom. The molecule has 1 aliphatic heterocycles. The Balaban J connectivity index is 1.03. The molecule has 0 radical (unpaired) electrons. The van der Waals surface area contributed by atoms with Gasteiger partial charge in [-0.1, -0.05) is 6.07 Å². The Hall–Kier alpha value is -2.54. The van der Waals surface area contributed by atoms with Crippen LogP contribution in [0.1, 0.15) is 49.1 Å². The number of hydrogen-bond acceptors (Lipinski definition) is 6. The van der Waals surface area contributed by atoms with E-state index in [-0.39, 0.29) is 5.91 Å². The quantitative estimate of drug-likeness (QED) is 0.632. The predicted octanol–water partition coefficient (Wildman–Crippen LogP) is 3.42. The van der Waals surface area contributed by atoms with Crippen molar-refractivity contribution in [1.29, 1.82) is 0 Å². The van der Waals surface area contributed by atoms with E-state index in [1.54, 1.807) is 6.33 Å². The highest BCUT2D eigenvalue weighted by Crippen LogP contribution is 2.56. The van der Waals surface area contributed by atoms with Crippen LogP contribution in [0, 0.1) is 29.6 Å². The number of rotatable bonds is 8. The molecule has 0 unspecified atom stereocenters. The molecule has 0 spiro atoms. The summed E-state index contributed by atoms with van der Waals surface area (Å²) in [6.45, 7) is 3.60. The minimum absolute atomic E-state index is 0.167. The number of carbonyl (C=O) groups is 1. The average Bonchev–Trinajstić information content (AvgIpc) is 2.87. The molecule has 186 valence electrons. The third-order valence-electron chi connectivity index (χ3n) is 9.17. The first-order valence-corrected chi connectivity index (χ1v) is 13.5. The van der Waals surface area contributed by atoms with Crippen LogP contribution in [-0.4, -0.2) is 63.9 Å². The lowest BCUT2D eigenvalue weighted by atomic mass is 9.52. The van der Waals surface area contributed by atoms with E-state index in [2.05, 4.69) is 25.2 Å². The second-order valence-electron chi connectivity index (χ2n) is 11.5. The van der Waals surface area contributed by atoms with E-state index >= 15 is 0 Å². The molecule has 4 fully saturated rings. The van der Waals surface area contributed by atoms with Crippen LogP contribution in [0.4, 0.5) is 5.82 Å². The van der Waals surface area contributed by atoms with Crippen LogP contribution in [0.2, 0.25) is 0 Å². The summed E-state index contributed by atoms with van der Waals surface area (Å²) >= 11 is 0. The highest BCUT2D eigenvalue weighted by atomic mass is 16.2. The van der Waals surface area contributed by atoms with Crippen LogP contribution in [0.5, 0.6) is 0 Å². The molecule has 0 aromatic carbocycles. The number of hydrogen-bond donors (Lipinski definition) is 1. The van der Waals surface area contributed by atoms with E-state index in [0.29, 0.717) is 13.1 Å². The van der Waals surface area contributed by atoms with Crippen molar-refractivity contribution < 1.29 is 4.79 Å². The van der Waals surface area contributed by atoms with Gasteiger partial charge in [-0.15, -0.1) is 0 Å². The standard InChI is InChI=1S/C28H38N6O/c1-33(8-5-23-4-2-3-7-29-23)17-27(35)34-9-6-24-26(16-34)31-18-32-28(24)30-15-25-21-11-19-10-20(13-21)14-22(25)12-19/h2-4,7,18-22,25H,5-6,8-17H2,1H3,(H,30,31,32). The molecular weight excluding hydrogens is 436 g/mol. The molecule has 3 heterocycles. The topological polar surface area (TPSA) is 74.2 Å². The van der Waals surface area contributed by atoms with E-state index in [9.17, 15) is 4.79 Å². The van der Waals surface area contributed by atoms with Gasteiger partial charge >= 0.3 is 0 Å². The smallest absolute Gasteiger partial charge is 0.237 e. The number of anilines is 1. The van der Waals surface area contributed by atoms with Crippen molar-refractivity contribution in [3.8, 4) is 0 Å². The summed E-state index contributed by atoms with van der Waals surface area (Å²) in [5.74, 6) is 5.83. The molecule has 7 rings (SSSR count). The van der Waals surface area contributed by atoms with Crippen molar-refractivity contribution in [2.75, 3.05) is 38.5 Å². The molecule has 2 aromatic heterocycles. The van der Waals surface area contributed by atoms with Crippen LogP contribution in [0.3, 0.4) is 0 Å². The van der Waals surface area contributed by atoms with Gasteiger partial charge in [-0.3, -0.25) is 14.7 Å². The zero-order valence-electron chi connectivity index (χ0n) is 20.9. The van der Waals surface area contributed by atoms with Gasteiger partial charge in [0.25, 0.3) is 0 Å². The van der Waals surface area contributed by atoms with Crippen LogP contribution >= 0.6 is 0 Å². The molecule has 35 heavy (non-hydrogen) atoms. The monoisotopic (exact) mass is 474 g/mol. The van der Waals surface area contributed by atoms with Crippen LogP contribution in [-0.2, 0) is 24.2 Å². The van der Waals surface area contributed by atoms with Crippen molar-refractivity contribution >= 4 is 11.7 Å². The van der Waals surface area contributed by atoms with Gasteiger partial charge in [-0.05, 0) is 87.3 Å². The minimum atomic E-state index is 0.167. The lowest BCUT2D eigenvalue weighted by molar-refractivity contribution is -0.133. The van der Waals surface area contributed by atoms with Crippen molar-refractivity contribution in [1.82, 2.24) is 24.8 Å². The summed E-state index contributed by atoms with van der Waals surface area (Å²) in [5, 5.41) is 3.74. The number of aromatic nitrogens is 3. The number of nitrogens with one attached hydrogen (secondary N) is 1. The van der Waals surface area contributed by atoms with E-state index in [4.69, 9.17) is 0 Å². The summed E-state index contributed by atoms with van der Waals surface area (Å²) in [7, 11) is 2.01. The Morgan fingerprint density at radius 3 is 2.63 bits per heavy atom. The molecule has 7 nitrogen and oxygen atoms in total. The highest BCUT2D eigenvalue weighted by molar-refractivity contribution is 5.78. The van der Waals surface area contributed by atoms with Gasteiger partial charge in [-0.25, -0.2) is 9.97 Å². The third kappa shape index (κ3) is 4.92. The van der Waals surface area contributed by atoms with E-state index in [1.165, 1.54) is 37.7 Å². The first-order valence-electron chi connectivity index (χ1n) is 13.5. The number of pyridine rings is 1. The average molecular weight is 475 g/mol. The SMILES string of the molecule is CN(CCc1ccccn1)CC(=O)N1CCc2c(ncnc2NCC2C3CC4CC(C3)CC2C4)C1. The summed E-state index contributed by atoms with van der Waals surface area (Å²) in [6, 6.07) is 5.97. The molecule has 0 atom stereocenters. The van der Waals surface area contributed by atoms with E-state index < -0.39 is 0 Å². The molecule has 0 saturated heterocycles. The third-order valence-corrected chi connectivity index (χ3v) is 9.17. The van der Waals surface area contributed by atoms with Gasteiger partial charge in [0.1, 0.15) is 12.1 Å². The number of fused-ring (bicyclic) bond motifs is 1. The van der Waals surface area contributed by atoms with Gasteiger partial charge < -0.3 is 10.2 Å².